The third kappa shape index (κ3) is 3.48. The van der Waals surface area contributed by atoms with Gasteiger partial charge in [0.25, 0.3) is 0 Å². The fourth-order valence-corrected chi connectivity index (χ4v) is 4.18. The van der Waals surface area contributed by atoms with Crippen LogP contribution in [0.2, 0.25) is 0 Å². The number of rotatable bonds is 4. The number of carbonyl (C=O) groups excluding carboxylic acids is 1. The van der Waals surface area contributed by atoms with E-state index in [-0.39, 0.29) is 5.97 Å². The van der Waals surface area contributed by atoms with Crippen molar-refractivity contribution in [3.63, 3.8) is 0 Å². The summed E-state index contributed by atoms with van der Waals surface area (Å²) in [7, 11) is 1.37. The summed E-state index contributed by atoms with van der Waals surface area (Å²) >= 11 is 1.36. The summed E-state index contributed by atoms with van der Waals surface area (Å²) in [4.78, 5) is 22.4. The topological polar surface area (TPSA) is 67.3 Å². The average molecular weight is 368 g/mol. The van der Waals surface area contributed by atoms with Crippen LogP contribution in [0.25, 0.3) is 10.2 Å². The zero-order valence-electron chi connectivity index (χ0n) is 14.5. The highest BCUT2D eigenvalue weighted by Gasteiger charge is 2.20. The van der Waals surface area contributed by atoms with E-state index in [1.165, 1.54) is 24.1 Å². The third-order valence-corrected chi connectivity index (χ3v) is 5.64. The molecule has 0 spiro atoms. The molecule has 3 heterocycles. The van der Waals surface area contributed by atoms with Crippen LogP contribution in [0.15, 0.2) is 42.7 Å². The third-order valence-electron chi connectivity index (χ3n) is 4.64. The van der Waals surface area contributed by atoms with Crippen LogP contribution in [0.5, 0.6) is 0 Å². The summed E-state index contributed by atoms with van der Waals surface area (Å²) < 4.78 is 5.74. The first-order chi connectivity index (χ1) is 12.7. The molecule has 7 heteroatoms. The van der Waals surface area contributed by atoms with Gasteiger partial charge >= 0.3 is 5.97 Å². The molecule has 1 N–H and O–H groups in total. The second kappa shape index (κ2) is 7.29. The minimum atomic E-state index is -0.385. The molecule has 1 aromatic carbocycles. The van der Waals surface area contributed by atoms with Gasteiger partial charge in [-0.3, -0.25) is 4.98 Å². The summed E-state index contributed by atoms with van der Waals surface area (Å²) in [6, 6.07) is 10.6. The van der Waals surface area contributed by atoms with Crippen molar-refractivity contribution >= 4 is 38.9 Å². The van der Waals surface area contributed by atoms with Gasteiger partial charge < -0.3 is 15.0 Å². The number of hydrogen-bond acceptors (Lipinski definition) is 7. The number of hydrogen-bond donors (Lipinski definition) is 1. The maximum Gasteiger partial charge on any atom is 0.367 e. The van der Waals surface area contributed by atoms with E-state index in [0.29, 0.717) is 11.0 Å². The molecule has 2 aromatic heterocycles. The van der Waals surface area contributed by atoms with Crippen molar-refractivity contribution in [2.24, 2.45) is 0 Å². The second-order valence-electron chi connectivity index (χ2n) is 6.30. The second-order valence-corrected chi connectivity index (χ2v) is 7.33. The van der Waals surface area contributed by atoms with Crippen molar-refractivity contribution in [1.82, 2.24) is 9.97 Å². The Hall–Kier alpha value is -2.67. The van der Waals surface area contributed by atoms with Crippen LogP contribution >= 0.6 is 11.3 Å². The number of aromatic nitrogens is 2. The van der Waals surface area contributed by atoms with Crippen LogP contribution in [0.3, 0.4) is 0 Å². The summed E-state index contributed by atoms with van der Waals surface area (Å²) in [6.07, 6.45) is 5.84. The lowest BCUT2D eigenvalue weighted by Crippen LogP contribution is -2.39. The van der Waals surface area contributed by atoms with E-state index in [1.54, 1.807) is 0 Å². The predicted molar refractivity (Wildman–Crippen MR) is 104 cm³/mol. The molecule has 0 radical (unpaired) electrons. The number of nitrogens with one attached hydrogen (secondary N) is 1. The van der Waals surface area contributed by atoms with Crippen molar-refractivity contribution in [2.45, 2.75) is 18.9 Å². The molecule has 26 heavy (non-hydrogen) atoms. The largest absolute Gasteiger partial charge is 0.464 e. The number of fused-ring (bicyclic) bond motifs is 1. The average Bonchev–Trinajstić information content (AvgIpc) is 3.12. The number of thiazole rings is 1. The van der Waals surface area contributed by atoms with Gasteiger partial charge in [0.15, 0.2) is 0 Å². The van der Waals surface area contributed by atoms with Gasteiger partial charge in [-0.25, -0.2) is 9.78 Å². The molecule has 1 aliphatic rings. The molecule has 1 saturated heterocycles. The van der Waals surface area contributed by atoms with E-state index >= 15 is 0 Å². The molecule has 0 atom stereocenters. The van der Waals surface area contributed by atoms with E-state index in [1.807, 2.05) is 24.5 Å². The Labute approximate surface area is 155 Å². The standard InChI is InChI=1S/C19H20N4O2S/c1-25-19(24)18-22-16-3-2-14(12-17(16)26-18)21-13-6-10-23(11-7-13)15-4-8-20-9-5-15/h2-5,8-9,12-13,21H,6-7,10-11H2,1H3. The molecular weight excluding hydrogens is 348 g/mol. The van der Waals surface area contributed by atoms with E-state index in [2.05, 4.69) is 38.4 Å². The van der Waals surface area contributed by atoms with Crippen molar-refractivity contribution < 1.29 is 9.53 Å². The van der Waals surface area contributed by atoms with E-state index < -0.39 is 0 Å². The zero-order chi connectivity index (χ0) is 17.9. The molecule has 1 aliphatic heterocycles. The van der Waals surface area contributed by atoms with E-state index in [4.69, 9.17) is 4.74 Å². The van der Waals surface area contributed by atoms with Crippen LogP contribution in [0.4, 0.5) is 11.4 Å². The van der Waals surface area contributed by atoms with Gasteiger partial charge in [0.2, 0.25) is 5.01 Å². The number of anilines is 2. The molecule has 3 aromatic rings. The lowest BCUT2D eigenvalue weighted by Gasteiger charge is -2.34. The van der Waals surface area contributed by atoms with Gasteiger partial charge in [0.1, 0.15) is 0 Å². The van der Waals surface area contributed by atoms with Crippen LogP contribution in [0, 0.1) is 0 Å². The molecule has 0 bridgehead atoms. The van der Waals surface area contributed by atoms with Crippen molar-refractivity contribution in [3.05, 3.63) is 47.7 Å². The fourth-order valence-electron chi connectivity index (χ4n) is 3.26. The Morgan fingerprint density at radius 1 is 1.23 bits per heavy atom. The van der Waals surface area contributed by atoms with Crippen LogP contribution in [-0.4, -0.2) is 42.2 Å². The molecule has 0 aliphatic carbocycles. The first-order valence-electron chi connectivity index (χ1n) is 8.63. The summed E-state index contributed by atoms with van der Waals surface area (Å²) in [5.74, 6) is -0.385. The quantitative estimate of drug-likeness (QED) is 0.710. The number of carbonyl (C=O) groups is 1. The van der Waals surface area contributed by atoms with Crippen molar-refractivity contribution in [1.29, 1.82) is 0 Å². The van der Waals surface area contributed by atoms with Gasteiger partial charge in [0.05, 0.1) is 17.3 Å². The molecular formula is C19H20N4O2S. The van der Waals surface area contributed by atoms with Gasteiger partial charge in [-0.15, -0.1) is 11.3 Å². The smallest absolute Gasteiger partial charge is 0.367 e. The summed E-state index contributed by atoms with van der Waals surface area (Å²) in [6.45, 7) is 2.05. The molecule has 4 rings (SSSR count). The zero-order valence-corrected chi connectivity index (χ0v) is 15.3. The van der Waals surface area contributed by atoms with Crippen LogP contribution < -0.4 is 10.2 Å². The highest BCUT2D eigenvalue weighted by atomic mass is 32.1. The highest BCUT2D eigenvalue weighted by Crippen LogP contribution is 2.27. The number of nitrogens with zero attached hydrogens (tertiary/aromatic N) is 3. The molecule has 134 valence electrons. The normalized spacial score (nSPS) is 15.2. The Morgan fingerprint density at radius 3 is 2.73 bits per heavy atom. The van der Waals surface area contributed by atoms with E-state index in [0.717, 1.165) is 41.8 Å². The number of pyridine rings is 1. The first-order valence-corrected chi connectivity index (χ1v) is 9.45. The minimum Gasteiger partial charge on any atom is -0.464 e. The number of benzene rings is 1. The van der Waals surface area contributed by atoms with Crippen molar-refractivity contribution in [3.8, 4) is 0 Å². The Kier molecular flexibility index (Phi) is 4.71. The maximum atomic E-state index is 11.6. The number of esters is 1. The van der Waals surface area contributed by atoms with Gasteiger partial charge in [-0.2, -0.15) is 0 Å². The Morgan fingerprint density at radius 2 is 2.00 bits per heavy atom. The minimum absolute atomic E-state index is 0.385. The number of methoxy groups -OCH3 is 1. The molecule has 6 nitrogen and oxygen atoms in total. The van der Waals surface area contributed by atoms with E-state index in [9.17, 15) is 4.79 Å². The highest BCUT2D eigenvalue weighted by molar-refractivity contribution is 7.20. The SMILES string of the molecule is COC(=O)c1nc2ccc(NC3CCN(c4ccncc4)CC3)cc2s1. The molecule has 1 fully saturated rings. The molecule has 0 unspecified atom stereocenters. The first kappa shape index (κ1) is 16.8. The Bertz CT molecular complexity index is 904. The number of piperidine rings is 1. The molecule has 0 saturated carbocycles. The van der Waals surface area contributed by atoms with Gasteiger partial charge in [-0.1, -0.05) is 0 Å². The summed E-state index contributed by atoms with van der Waals surface area (Å²) in [5.41, 5.74) is 3.13. The predicted octanol–water partition coefficient (Wildman–Crippen LogP) is 3.56. The van der Waals surface area contributed by atoms with Crippen LogP contribution in [0.1, 0.15) is 22.6 Å². The van der Waals surface area contributed by atoms with Crippen molar-refractivity contribution in [2.75, 3.05) is 30.4 Å². The molecule has 0 amide bonds. The number of ether oxygens (including phenoxy) is 1. The fraction of sp³-hybridized carbons (Fsp3) is 0.316. The van der Waals surface area contributed by atoms with Gasteiger partial charge in [0, 0.05) is 42.9 Å². The van der Waals surface area contributed by atoms with Gasteiger partial charge in [-0.05, 0) is 43.2 Å². The summed E-state index contributed by atoms with van der Waals surface area (Å²) in [5, 5.41) is 4.01. The van der Waals surface area contributed by atoms with Crippen LogP contribution in [-0.2, 0) is 4.74 Å². The Balaban J connectivity index is 1.41. The lowest BCUT2D eigenvalue weighted by molar-refractivity contribution is 0.0600. The monoisotopic (exact) mass is 368 g/mol. The lowest BCUT2D eigenvalue weighted by atomic mass is 10.0. The maximum absolute atomic E-state index is 11.6.